The van der Waals surface area contributed by atoms with Crippen LogP contribution in [0, 0.1) is 5.92 Å². The molecule has 2 heteroatoms. The fourth-order valence-electron chi connectivity index (χ4n) is 0.982. The molecule has 0 atom stereocenters. The molecule has 0 spiro atoms. The minimum Gasteiger partial charge on any atom is -0.241 e. The maximum Gasteiger partial charge on any atom is 0.129 e. The third-order valence-electron chi connectivity index (χ3n) is 1.39. The zero-order valence-electron chi connectivity index (χ0n) is 6.84. The molecule has 1 rings (SSSR count). The molecule has 1 nitrogen and oxygen atoms in total. The van der Waals surface area contributed by atoms with Gasteiger partial charge in [0.1, 0.15) is 5.15 Å². The lowest BCUT2D eigenvalue weighted by molar-refractivity contribution is 0.635. The Morgan fingerprint density at radius 3 is 2.73 bits per heavy atom. The van der Waals surface area contributed by atoms with E-state index in [9.17, 15) is 0 Å². The van der Waals surface area contributed by atoms with E-state index >= 15 is 0 Å². The third-order valence-corrected chi connectivity index (χ3v) is 1.60. The van der Waals surface area contributed by atoms with Crippen LogP contribution in [0.3, 0.4) is 0 Å². The molecule has 0 unspecified atom stereocenters. The van der Waals surface area contributed by atoms with Gasteiger partial charge in [-0.3, -0.25) is 0 Å². The van der Waals surface area contributed by atoms with Gasteiger partial charge in [0.25, 0.3) is 0 Å². The van der Waals surface area contributed by atoms with Crippen LogP contribution in [0.1, 0.15) is 19.5 Å². The van der Waals surface area contributed by atoms with Gasteiger partial charge in [0, 0.05) is 5.69 Å². The molecule has 0 fully saturated rings. The minimum atomic E-state index is 0.586. The highest BCUT2D eigenvalue weighted by molar-refractivity contribution is 6.29. The van der Waals surface area contributed by atoms with Gasteiger partial charge in [0.05, 0.1) is 0 Å². The van der Waals surface area contributed by atoms with Crippen molar-refractivity contribution < 1.29 is 0 Å². The van der Waals surface area contributed by atoms with Gasteiger partial charge < -0.3 is 0 Å². The highest BCUT2D eigenvalue weighted by Crippen LogP contribution is 2.08. The molecule has 0 bridgehead atoms. The van der Waals surface area contributed by atoms with Crippen molar-refractivity contribution in [3.05, 3.63) is 29.0 Å². The first-order valence-electron chi connectivity index (χ1n) is 3.80. The summed E-state index contributed by atoms with van der Waals surface area (Å²) in [5.74, 6) is 0.640. The summed E-state index contributed by atoms with van der Waals surface area (Å²) < 4.78 is 0. The van der Waals surface area contributed by atoms with E-state index in [2.05, 4.69) is 18.8 Å². The summed E-state index contributed by atoms with van der Waals surface area (Å²) in [7, 11) is 0. The smallest absolute Gasteiger partial charge is 0.129 e. The van der Waals surface area contributed by atoms with E-state index in [0.29, 0.717) is 11.1 Å². The minimum absolute atomic E-state index is 0.586. The summed E-state index contributed by atoms with van der Waals surface area (Å²) in [6.07, 6.45) is 1.00. The fraction of sp³-hybridized carbons (Fsp3) is 0.444. The molecule has 0 N–H and O–H groups in total. The zero-order valence-corrected chi connectivity index (χ0v) is 7.60. The Labute approximate surface area is 72.4 Å². The quantitative estimate of drug-likeness (QED) is 0.621. The van der Waals surface area contributed by atoms with Gasteiger partial charge in [-0.25, -0.2) is 4.98 Å². The van der Waals surface area contributed by atoms with Crippen molar-refractivity contribution >= 4 is 11.6 Å². The number of halogens is 1. The van der Waals surface area contributed by atoms with Crippen molar-refractivity contribution in [2.45, 2.75) is 20.3 Å². The Morgan fingerprint density at radius 2 is 2.18 bits per heavy atom. The largest absolute Gasteiger partial charge is 0.241 e. The van der Waals surface area contributed by atoms with Crippen molar-refractivity contribution in [2.24, 2.45) is 5.92 Å². The summed E-state index contributed by atoms with van der Waals surface area (Å²) in [5.41, 5.74) is 1.08. The number of nitrogens with zero attached hydrogens (tertiary/aromatic N) is 1. The monoisotopic (exact) mass is 169 g/mol. The molecule has 1 heterocycles. The molecular formula is C9H12ClN. The van der Waals surface area contributed by atoms with Crippen LogP contribution in [0.2, 0.25) is 5.15 Å². The van der Waals surface area contributed by atoms with E-state index < -0.39 is 0 Å². The first-order valence-corrected chi connectivity index (χ1v) is 4.17. The Kier molecular flexibility index (Phi) is 2.89. The standard InChI is InChI=1S/C9H12ClN/c1-7(2)6-8-4-3-5-9(10)11-8/h3-5,7H,6H2,1-2H3. The van der Waals surface area contributed by atoms with E-state index in [4.69, 9.17) is 11.6 Å². The van der Waals surface area contributed by atoms with E-state index in [-0.39, 0.29) is 0 Å². The number of hydrogen-bond acceptors (Lipinski definition) is 1. The summed E-state index contributed by atoms with van der Waals surface area (Å²) in [5, 5.41) is 0.586. The Hall–Kier alpha value is -0.560. The van der Waals surface area contributed by atoms with Crippen LogP contribution in [-0.2, 0) is 6.42 Å². The second-order valence-corrected chi connectivity index (χ2v) is 3.44. The van der Waals surface area contributed by atoms with E-state index in [1.54, 1.807) is 6.07 Å². The molecular weight excluding hydrogens is 158 g/mol. The Morgan fingerprint density at radius 1 is 1.45 bits per heavy atom. The molecule has 0 amide bonds. The molecule has 0 aliphatic heterocycles. The van der Waals surface area contributed by atoms with Crippen molar-refractivity contribution in [1.82, 2.24) is 4.98 Å². The molecule has 1 aromatic heterocycles. The molecule has 0 aliphatic rings. The van der Waals surface area contributed by atoms with Crippen molar-refractivity contribution in [1.29, 1.82) is 0 Å². The van der Waals surface area contributed by atoms with Gasteiger partial charge in [-0.2, -0.15) is 0 Å². The molecule has 1 aromatic rings. The van der Waals surface area contributed by atoms with Crippen LogP contribution in [0.5, 0.6) is 0 Å². The first-order chi connectivity index (χ1) is 5.18. The van der Waals surface area contributed by atoms with Crippen LogP contribution in [0.25, 0.3) is 0 Å². The predicted molar refractivity (Wildman–Crippen MR) is 47.8 cm³/mol. The van der Waals surface area contributed by atoms with Gasteiger partial charge in [-0.15, -0.1) is 0 Å². The lowest BCUT2D eigenvalue weighted by Gasteiger charge is -2.02. The molecule has 0 radical (unpaired) electrons. The fourth-order valence-corrected chi connectivity index (χ4v) is 1.16. The van der Waals surface area contributed by atoms with Crippen molar-refractivity contribution in [2.75, 3.05) is 0 Å². The van der Waals surface area contributed by atoms with Crippen LogP contribution in [0.4, 0.5) is 0 Å². The van der Waals surface area contributed by atoms with Gasteiger partial charge >= 0.3 is 0 Å². The van der Waals surface area contributed by atoms with Gasteiger partial charge in [0.15, 0.2) is 0 Å². The average molecular weight is 170 g/mol. The lowest BCUT2D eigenvalue weighted by Crippen LogP contribution is -1.96. The normalized spacial score (nSPS) is 10.5. The Bertz CT molecular complexity index is 233. The van der Waals surface area contributed by atoms with Gasteiger partial charge in [-0.1, -0.05) is 31.5 Å². The molecule has 0 saturated heterocycles. The van der Waals surface area contributed by atoms with Gasteiger partial charge in [0.2, 0.25) is 0 Å². The number of hydrogen-bond donors (Lipinski definition) is 0. The highest BCUT2D eigenvalue weighted by atomic mass is 35.5. The predicted octanol–water partition coefficient (Wildman–Crippen LogP) is 2.93. The van der Waals surface area contributed by atoms with Crippen LogP contribution < -0.4 is 0 Å². The maximum atomic E-state index is 5.72. The summed E-state index contributed by atoms with van der Waals surface area (Å²) in [4.78, 5) is 4.18. The zero-order chi connectivity index (χ0) is 8.27. The summed E-state index contributed by atoms with van der Waals surface area (Å²) in [6.45, 7) is 4.34. The molecule has 60 valence electrons. The van der Waals surface area contributed by atoms with E-state index in [1.165, 1.54) is 0 Å². The molecule has 0 aromatic carbocycles. The first kappa shape index (κ1) is 8.54. The second-order valence-electron chi connectivity index (χ2n) is 3.05. The number of pyridine rings is 1. The molecule has 0 saturated carbocycles. The van der Waals surface area contributed by atoms with Crippen LogP contribution in [-0.4, -0.2) is 4.98 Å². The number of rotatable bonds is 2. The average Bonchev–Trinajstić information content (AvgIpc) is 1.85. The Balaban J connectivity index is 2.71. The lowest BCUT2D eigenvalue weighted by atomic mass is 10.1. The molecule has 0 aliphatic carbocycles. The summed E-state index contributed by atoms with van der Waals surface area (Å²) >= 11 is 5.72. The molecule has 11 heavy (non-hydrogen) atoms. The van der Waals surface area contributed by atoms with E-state index in [1.807, 2.05) is 12.1 Å². The van der Waals surface area contributed by atoms with Crippen LogP contribution >= 0.6 is 11.6 Å². The van der Waals surface area contributed by atoms with E-state index in [0.717, 1.165) is 12.1 Å². The van der Waals surface area contributed by atoms with Crippen LogP contribution in [0.15, 0.2) is 18.2 Å². The summed E-state index contributed by atoms with van der Waals surface area (Å²) in [6, 6.07) is 5.74. The second kappa shape index (κ2) is 3.72. The highest BCUT2D eigenvalue weighted by Gasteiger charge is 1.98. The van der Waals surface area contributed by atoms with Crippen molar-refractivity contribution in [3.63, 3.8) is 0 Å². The number of aromatic nitrogens is 1. The maximum absolute atomic E-state index is 5.72. The van der Waals surface area contributed by atoms with Gasteiger partial charge in [-0.05, 0) is 24.5 Å². The topological polar surface area (TPSA) is 12.9 Å². The van der Waals surface area contributed by atoms with Crippen molar-refractivity contribution in [3.8, 4) is 0 Å². The third kappa shape index (κ3) is 2.89. The SMILES string of the molecule is CC(C)Cc1cccc(Cl)n1.